The van der Waals surface area contributed by atoms with E-state index in [4.69, 9.17) is 0 Å². The van der Waals surface area contributed by atoms with E-state index in [1.807, 2.05) is 12.1 Å². The fourth-order valence-corrected chi connectivity index (χ4v) is 1.64. The van der Waals surface area contributed by atoms with Crippen LogP contribution < -0.4 is 4.73 Å². The van der Waals surface area contributed by atoms with E-state index in [0.29, 0.717) is 11.6 Å². The fraction of sp³-hybridized carbons (Fsp3) is 0.333. The van der Waals surface area contributed by atoms with E-state index in [1.54, 1.807) is 6.20 Å². The summed E-state index contributed by atoms with van der Waals surface area (Å²) in [5.41, 5.74) is 1.67. The molecule has 0 aromatic carbocycles. The Morgan fingerprint density at radius 3 is 3.08 bits per heavy atom. The maximum Gasteiger partial charge on any atom is 0.347 e. The van der Waals surface area contributed by atoms with Crippen molar-refractivity contribution in [3.63, 3.8) is 0 Å². The van der Waals surface area contributed by atoms with Crippen molar-refractivity contribution in [2.75, 3.05) is 0 Å². The molecule has 4 nitrogen and oxygen atoms in total. The Morgan fingerprint density at radius 2 is 2.31 bits per heavy atom. The van der Waals surface area contributed by atoms with Crippen molar-refractivity contribution in [3.05, 3.63) is 24.0 Å². The molecule has 2 heterocycles. The number of aromatic amines is 1. The predicted octanol–water partition coefficient (Wildman–Crippen LogP) is 0.965. The molecule has 2 aromatic heterocycles. The topological polar surface area (TPSA) is 52.8 Å². The number of nitrogens with one attached hydrogen (secondary N) is 1. The predicted molar refractivity (Wildman–Crippen MR) is 45.4 cm³/mol. The molecule has 0 atom stereocenters. The molecule has 66 valence electrons. The summed E-state index contributed by atoms with van der Waals surface area (Å²) in [6.07, 6.45) is 4.07. The Labute approximate surface area is 74.8 Å². The lowest BCUT2D eigenvalue weighted by Gasteiger charge is -1.97. The second-order valence-electron chi connectivity index (χ2n) is 3.52. The number of hydrogen-bond acceptors (Lipinski definition) is 2. The monoisotopic (exact) mass is 176 g/mol. The summed E-state index contributed by atoms with van der Waals surface area (Å²) >= 11 is 0. The number of pyridine rings is 1. The van der Waals surface area contributed by atoms with Crippen LogP contribution in [0.4, 0.5) is 0 Å². The molecule has 1 saturated carbocycles. The highest BCUT2D eigenvalue weighted by Crippen LogP contribution is 2.38. The van der Waals surface area contributed by atoms with Crippen molar-refractivity contribution < 1.29 is 9.94 Å². The Kier molecular flexibility index (Phi) is 1.17. The summed E-state index contributed by atoms with van der Waals surface area (Å²) in [7, 11) is 0. The first-order valence-corrected chi connectivity index (χ1v) is 4.43. The van der Waals surface area contributed by atoms with Gasteiger partial charge in [-0.25, -0.2) is 0 Å². The SMILES string of the molecule is O[n+]1c(C2CC2)ccc2cn[nH]c21. The molecule has 0 spiro atoms. The lowest BCUT2D eigenvalue weighted by Crippen LogP contribution is -2.36. The molecule has 13 heavy (non-hydrogen) atoms. The van der Waals surface area contributed by atoms with Crippen LogP contribution in [0.5, 0.6) is 0 Å². The molecule has 0 unspecified atom stereocenters. The molecular formula is C9H10N3O+. The highest BCUT2D eigenvalue weighted by Gasteiger charge is 2.31. The first-order chi connectivity index (χ1) is 6.36. The normalized spacial score (nSPS) is 16.6. The van der Waals surface area contributed by atoms with E-state index in [1.165, 1.54) is 17.6 Å². The van der Waals surface area contributed by atoms with E-state index in [9.17, 15) is 5.21 Å². The Hall–Kier alpha value is -1.58. The molecule has 0 amide bonds. The van der Waals surface area contributed by atoms with Crippen LogP contribution in [0, 0.1) is 0 Å². The van der Waals surface area contributed by atoms with Gasteiger partial charge in [0.05, 0.1) is 11.6 Å². The van der Waals surface area contributed by atoms with Crippen LogP contribution in [0.2, 0.25) is 0 Å². The van der Waals surface area contributed by atoms with Gasteiger partial charge in [-0.05, 0) is 29.7 Å². The quantitative estimate of drug-likeness (QED) is 0.502. The van der Waals surface area contributed by atoms with Crippen LogP contribution in [0.25, 0.3) is 11.0 Å². The minimum absolute atomic E-state index is 0.540. The zero-order valence-corrected chi connectivity index (χ0v) is 7.07. The van der Waals surface area contributed by atoms with Gasteiger partial charge in [-0.1, -0.05) is 5.10 Å². The zero-order chi connectivity index (χ0) is 8.84. The van der Waals surface area contributed by atoms with Gasteiger partial charge in [0.1, 0.15) is 0 Å². The minimum Gasteiger partial charge on any atom is -0.349 e. The Morgan fingerprint density at radius 1 is 1.46 bits per heavy atom. The van der Waals surface area contributed by atoms with Gasteiger partial charge in [-0.3, -0.25) is 0 Å². The molecule has 0 radical (unpaired) electrons. The third kappa shape index (κ3) is 0.915. The molecule has 0 saturated heterocycles. The standard InChI is InChI=1S/C9H9N3O/c13-12-8(6-1-2-6)4-3-7-5-10-11-9(7)12/h3-6,13H,1-2H2/p+1. The summed E-state index contributed by atoms with van der Waals surface area (Å²) in [6, 6.07) is 3.95. The van der Waals surface area contributed by atoms with E-state index in [2.05, 4.69) is 10.2 Å². The van der Waals surface area contributed by atoms with Gasteiger partial charge >= 0.3 is 5.65 Å². The average Bonchev–Trinajstić information content (AvgIpc) is 2.83. The second-order valence-corrected chi connectivity index (χ2v) is 3.52. The van der Waals surface area contributed by atoms with Crippen LogP contribution in [-0.4, -0.2) is 15.4 Å². The highest BCUT2D eigenvalue weighted by atomic mass is 16.5. The molecular weight excluding hydrogens is 166 g/mol. The largest absolute Gasteiger partial charge is 0.349 e. The number of hydrogen-bond donors (Lipinski definition) is 2. The summed E-state index contributed by atoms with van der Waals surface area (Å²) in [4.78, 5) is 0. The van der Waals surface area contributed by atoms with Crippen molar-refractivity contribution in [1.82, 2.24) is 10.2 Å². The summed E-state index contributed by atoms with van der Waals surface area (Å²) in [5.74, 6) is 0.540. The first-order valence-electron chi connectivity index (χ1n) is 4.43. The highest BCUT2D eigenvalue weighted by molar-refractivity contribution is 5.70. The van der Waals surface area contributed by atoms with Gasteiger partial charge in [-0.15, -0.1) is 5.10 Å². The van der Waals surface area contributed by atoms with Crippen molar-refractivity contribution in [2.24, 2.45) is 0 Å². The number of H-pyrrole nitrogens is 1. The molecule has 0 aliphatic heterocycles. The Balaban J connectivity index is 2.30. The molecule has 2 N–H and O–H groups in total. The van der Waals surface area contributed by atoms with Gasteiger partial charge in [-0.2, -0.15) is 0 Å². The summed E-state index contributed by atoms with van der Waals surface area (Å²) < 4.78 is 1.22. The Bertz CT molecular complexity index is 459. The first kappa shape index (κ1) is 6.88. The fourth-order valence-electron chi connectivity index (χ4n) is 1.64. The number of fused-ring (bicyclic) bond motifs is 1. The summed E-state index contributed by atoms with van der Waals surface area (Å²) in [6.45, 7) is 0. The number of rotatable bonds is 1. The maximum atomic E-state index is 9.79. The lowest BCUT2D eigenvalue weighted by molar-refractivity contribution is -0.891. The molecule has 3 rings (SSSR count). The van der Waals surface area contributed by atoms with Gasteiger partial charge in [0, 0.05) is 5.92 Å². The van der Waals surface area contributed by atoms with Crippen molar-refractivity contribution in [1.29, 1.82) is 0 Å². The van der Waals surface area contributed by atoms with E-state index in [0.717, 1.165) is 11.1 Å². The van der Waals surface area contributed by atoms with E-state index >= 15 is 0 Å². The van der Waals surface area contributed by atoms with Gasteiger partial charge < -0.3 is 5.21 Å². The van der Waals surface area contributed by atoms with Crippen molar-refractivity contribution in [2.45, 2.75) is 18.8 Å². The minimum atomic E-state index is 0.540. The third-order valence-electron chi connectivity index (χ3n) is 2.53. The molecule has 1 fully saturated rings. The van der Waals surface area contributed by atoms with Gasteiger partial charge in [0.15, 0.2) is 5.69 Å². The van der Waals surface area contributed by atoms with Gasteiger partial charge in [0.25, 0.3) is 0 Å². The lowest BCUT2D eigenvalue weighted by atomic mass is 10.2. The van der Waals surface area contributed by atoms with Gasteiger partial charge in [0.2, 0.25) is 0 Å². The molecule has 2 aromatic rings. The summed E-state index contributed by atoms with van der Waals surface area (Å²) in [5, 5.41) is 17.4. The number of aromatic nitrogens is 3. The molecule has 1 aliphatic rings. The van der Waals surface area contributed by atoms with Crippen LogP contribution in [0.1, 0.15) is 24.5 Å². The maximum absolute atomic E-state index is 9.79. The van der Waals surface area contributed by atoms with E-state index < -0.39 is 0 Å². The van der Waals surface area contributed by atoms with Crippen molar-refractivity contribution >= 4 is 11.0 Å². The average molecular weight is 176 g/mol. The van der Waals surface area contributed by atoms with Crippen LogP contribution in [0.15, 0.2) is 18.3 Å². The van der Waals surface area contributed by atoms with Crippen LogP contribution in [-0.2, 0) is 0 Å². The molecule has 0 bridgehead atoms. The smallest absolute Gasteiger partial charge is 0.347 e. The van der Waals surface area contributed by atoms with Crippen LogP contribution >= 0.6 is 0 Å². The third-order valence-corrected chi connectivity index (χ3v) is 2.53. The van der Waals surface area contributed by atoms with E-state index in [-0.39, 0.29) is 0 Å². The number of nitrogens with zero attached hydrogens (tertiary/aromatic N) is 2. The van der Waals surface area contributed by atoms with Crippen molar-refractivity contribution in [3.8, 4) is 0 Å². The molecule has 1 aliphatic carbocycles. The molecule has 4 heteroatoms. The second kappa shape index (κ2) is 2.22. The zero-order valence-electron chi connectivity index (χ0n) is 7.07. The van der Waals surface area contributed by atoms with Crippen LogP contribution in [0.3, 0.4) is 0 Å².